The molecule has 0 N–H and O–H groups in total. The third-order valence-electron chi connectivity index (χ3n) is 9.99. The molecule has 0 spiro atoms. The van der Waals surface area contributed by atoms with E-state index in [1.807, 2.05) is 66.7 Å². The Morgan fingerprint density at radius 1 is 0.444 bits per heavy atom. The minimum Gasteiger partial charge on any atom is -0.309 e. The lowest BCUT2D eigenvalue weighted by Gasteiger charge is -2.19. The zero-order valence-corrected chi connectivity index (χ0v) is 28.0. The highest BCUT2D eigenvalue weighted by Gasteiger charge is 2.41. The highest BCUT2D eigenvalue weighted by Crippen LogP contribution is 2.46. The molecule has 262 valence electrons. The zero-order chi connectivity index (χ0) is 37.4. The molecule has 0 saturated carbocycles. The van der Waals surface area contributed by atoms with Gasteiger partial charge in [-0.2, -0.15) is 31.6 Å². The molecule has 2 heterocycles. The summed E-state index contributed by atoms with van der Waals surface area (Å²) in [5.74, 6) is 0. The lowest BCUT2D eigenvalue weighted by atomic mass is 10.00. The predicted molar refractivity (Wildman–Crippen MR) is 201 cm³/mol. The summed E-state index contributed by atoms with van der Waals surface area (Å²) in [7, 11) is 0. The van der Waals surface area contributed by atoms with Crippen LogP contribution < -0.4 is 0 Å². The maximum Gasteiger partial charge on any atom is 0.418 e. The number of nitriles is 1. The van der Waals surface area contributed by atoms with Crippen molar-refractivity contribution in [2.45, 2.75) is 12.4 Å². The Labute approximate surface area is 304 Å². The number of hydrogen-bond donors (Lipinski definition) is 0. The second-order valence-corrected chi connectivity index (χ2v) is 13.1. The molecule has 0 radical (unpaired) electrons. The topological polar surface area (TPSA) is 33.6 Å². The largest absolute Gasteiger partial charge is 0.418 e. The maximum absolute atomic E-state index is 14.7. The van der Waals surface area contributed by atoms with Gasteiger partial charge in [0, 0.05) is 27.2 Å². The van der Waals surface area contributed by atoms with E-state index in [1.54, 1.807) is 36.4 Å². The smallest absolute Gasteiger partial charge is 0.309 e. The van der Waals surface area contributed by atoms with Gasteiger partial charge in [-0.25, -0.2) is 0 Å². The second-order valence-electron chi connectivity index (χ2n) is 13.1. The number of fused-ring (bicyclic) bond motifs is 7. The molecule has 0 bridgehead atoms. The summed E-state index contributed by atoms with van der Waals surface area (Å²) in [5, 5.41) is 12.8. The Bertz CT molecular complexity index is 2960. The molecule has 3 nitrogen and oxygen atoms in total. The van der Waals surface area contributed by atoms with E-state index in [2.05, 4.69) is 47.0 Å². The Balaban J connectivity index is 1.31. The van der Waals surface area contributed by atoms with Crippen LogP contribution in [0.5, 0.6) is 0 Å². The van der Waals surface area contributed by atoms with Crippen LogP contribution in [-0.4, -0.2) is 9.13 Å². The molecule has 0 amide bonds. The number of hydrogen-bond acceptors (Lipinski definition) is 1. The van der Waals surface area contributed by atoms with Crippen molar-refractivity contribution < 1.29 is 26.3 Å². The first-order valence-electron chi connectivity index (χ1n) is 17.0. The molecule has 0 unspecified atom stereocenters. The van der Waals surface area contributed by atoms with E-state index in [0.717, 1.165) is 49.7 Å². The van der Waals surface area contributed by atoms with Crippen LogP contribution in [0.2, 0.25) is 0 Å². The van der Waals surface area contributed by atoms with Gasteiger partial charge in [-0.05, 0) is 70.8 Å². The van der Waals surface area contributed by atoms with E-state index in [4.69, 9.17) is 0 Å². The molecular weight excluding hydrogens is 697 g/mol. The fourth-order valence-corrected chi connectivity index (χ4v) is 7.69. The molecular formula is C45H25F6N3. The number of alkyl halides is 6. The minimum absolute atomic E-state index is 0.0867. The van der Waals surface area contributed by atoms with Crippen LogP contribution in [0.25, 0.3) is 77.2 Å². The van der Waals surface area contributed by atoms with Gasteiger partial charge in [0.05, 0.1) is 44.4 Å². The third-order valence-corrected chi connectivity index (χ3v) is 9.99. The van der Waals surface area contributed by atoms with Gasteiger partial charge in [0.15, 0.2) is 0 Å². The van der Waals surface area contributed by atoms with Gasteiger partial charge in [-0.1, -0.05) is 103 Å². The number of benzene rings is 7. The molecule has 0 fully saturated rings. The fourth-order valence-electron chi connectivity index (χ4n) is 7.69. The van der Waals surface area contributed by atoms with Crippen LogP contribution in [0, 0.1) is 11.3 Å². The molecule has 0 saturated heterocycles. The fraction of sp³-hybridized carbons (Fsp3) is 0.0444. The maximum atomic E-state index is 14.7. The number of aromatic nitrogens is 2. The normalized spacial score (nSPS) is 12.2. The Hall–Kier alpha value is -6.79. The Kier molecular flexibility index (Phi) is 7.43. The van der Waals surface area contributed by atoms with Crippen molar-refractivity contribution in [2.75, 3.05) is 0 Å². The molecule has 0 aliphatic heterocycles. The van der Waals surface area contributed by atoms with Gasteiger partial charge in [0.2, 0.25) is 0 Å². The van der Waals surface area contributed by atoms with E-state index in [-0.39, 0.29) is 6.07 Å². The van der Waals surface area contributed by atoms with Crippen molar-refractivity contribution in [3.63, 3.8) is 0 Å². The number of para-hydroxylation sites is 2. The summed E-state index contributed by atoms with van der Waals surface area (Å²) < 4.78 is 89.1. The monoisotopic (exact) mass is 721 g/mol. The average molecular weight is 722 g/mol. The molecule has 54 heavy (non-hydrogen) atoms. The standard InChI is InChI=1S/C45H25F6N3/c46-44(47,48)32-23-31(26-52)43(36(25-32)45(49,50)51)54-38-16-7-5-14-35(38)42-40(54)22-21-39-41(42)34-13-4-6-15-37(34)53(39)33-12-8-11-30(24-33)29-19-17-28(18-20-29)27-9-2-1-3-10-27/h1-25H. The molecule has 9 rings (SSSR count). The van der Waals surface area contributed by atoms with Gasteiger partial charge < -0.3 is 9.13 Å². The summed E-state index contributed by atoms with van der Waals surface area (Å²) in [5.41, 5.74) is 2.88. The van der Waals surface area contributed by atoms with Crippen LogP contribution in [0.3, 0.4) is 0 Å². The van der Waals surface area contributed by atoms with E-state index >= 15 is 0 Å². The van der Waals surface area contributed by atoms with Crippen molar-refractivity contribution in [3.05, 3.63) is 168 Å². The van der Waals surface area contributed by atoms with Gasteiger partial charge in [0.25, 0.3) is 0 Å². The van der Waals surface area contributed by atoms with Crippen molar-refractivity contribution >= 4 is 43.6 Å². The van der Waals surface area contributed by atoms with Crippen molar-refractivity contribution in [3.8, 4) is 39.7 Å². The molecule has 2 aromatic heterocycles. The van der Waals surface area contributed by atoms with Crippen molar-refractivity contribution in [2.24, 2.45) is 0 Å². The van der Waals surface area contributed by atoms with Crippen LogP contribution in [0.4, 0.5) is 26.3 Å². The van der Waals surface area contributed by atoms with Crippen LogP contribution in [-0.2, 0) is 12.4 Å². The first kappa shape index (κ1) is 33.1. The number of halogens is 6. The molecule has 0 aliphatic rings. The van der Waals surface area contributed by atoms with Crippen molar-refractivity contribution in [1.82, 2.24) is 9.13 Å². The lowest BCUT2D eigenvalue weighted by Crippen LogP contribution is -2.16. The van der Waals surface area contributed by atoms with E-state index < -0.39 is 34.7 Å². The first-order chi connectivity index (χ1) is 26.0. The summed E-state index contributed by atoms with van der Waals surface area (Å²) in [4.78, 5) is 0. The Morgan fingerprint density at radius 3 is 1.56 bits per heavy atom. The van der Waals surface area contributed by atoms with Crippen LogP contribution in [0.1, 0.15) is 16.7 Å². The van der Waals surface area contributed by atoms with E-state index in [9.17, 15) is 31.6 Å². The SMILES string of the molecule is N#Cc1cc(C(F)(F)F)cc(C(F)(F)F)c1-n1c2ccccc2c2c3c4ccccc4n(-c4cccc(-c5ccc(-c6ccccc6)cc5)c4)c3ccc21. The second kappa shape index (κ2) is 12.1. The molecule has 9 heteroatoms. The molecule has 0 atom stereocenters. The van der Waals surface area contributed by atoms with E-state index in [1.165, 1.54) is 4.57 Å². The molecule has 0 aliphatic carbocycles. The molecule has 7 aromatic carbocycles. The quantitative estimate of drug-likeness (QED) is 0.167. The predicted octanol–water partition coefficient (Wildman–Crippen LogP) is 13.1. The van der Waals surface area contributed by atoms with Crippen LogP contribution in [0.15, 0.2) is 152 Å². The van der Waals surface area contributed by atoms with Gasteiger partial charge in [-0.3, -0.25) is 0 Å². The van der Waals surface area contributed by atoms with Gasteiger partial charge in [-0.15, -0.1) is 0 Å². The Morgan fingerprint density at radius 2 is 0.963 bits per heavy atom. The van der Waals surface area contributed by atoms with Gasteiger partial charge in [0.1, 0.15) is 6.07 Å². The highest BCUT2D eigenvalue weighted by molar-refractivity contribution is 6.29. The van der Waals surface area contributed by atoms with Gasteiger partial charge >= 0.3 is 12.4 Å². The van der Waals surface area contributed by atoms with Crippen LogP contribution >= 0.6 is 0 Å². The summed E-state index contributed by atoms with van der Waals surface area (Å²) >= 11 is 0. The third kappa shape index (κ3) is 5.21. The lowest BCUT2D eigenvalue weighted by molar-refractivity contribution is -0.143. The summed E-state index contributed by atoms with van der Waals surface area (Å²) in [6.07, 6.45) is -10.3. The summed E-state index contributed by atoms with van der Waals surface area (Å²) in [6.45, 7) is 0. The highest BCUT2D eigenvalue weighted by atomic mass is 19.4. The van der Waals surface area contributed by atoms with Crippen molar-refractivity contribution in [1.29, 1.82) is 5.26 Å². The molecule has 9 aromatic rings. The number of rotatable bonds is 4. The van der Waals surface area contributed by atoms with E-state index in [0.29, 0.717) is 27.9 Å². The summed E-state index contributed by atoms with van der Waals surface area (Å²) in [6, 6.07) is 46.8. The zero-order valence-electron chi connectivity index (χ0n) is 28.0. The first-order valence-corrected chi connectivity index (χ1v) is 17.0. The minimum atomic E-state index is -5.20. The number of nitrogens with zero attached hydrogens (tertiary/aromatic N) is 3. The average Bonchev–Trinajstić information content (AvgIpc) is 3.70.